The average Bonchev–Trinajstić information content (AvgIpc) is 2.52. The van der Waals surface area contributed by atoms with Crippen molar-refractivity contribution in [1.29, 1.82) is 0 Å². The van der Waals surface area contributed by atoms with Gasteiger partial charge in [0.2, 0.25) is 0 Å². The molecule has 0 aromatic carbocycles. The van der Waals surface area contributed by atoms with Gasteiger partial charge in [-0.05, 0) is 53.0 Å². The highest BCUT2D eigenvalue weighted by Crippen LogP contribution is 2.21. The van der Waals surface area contributed by atoms with Crippen LogP contribution in [-0.2, 0) is 9.53 Å². The maximum Gasteiger partial charge on any atom is 0.138 e. The normalized spacial score (nSPS) is 17.6. The summed E-state index contributed by atoms with van der Waals surface area (Å²) in [5.41, 5.74) is -0.166. The molecule has 1 aliphatic heterocycles. The van der Waals surface area contributed by atoms with Crippen molar-refractivity contribution in [2.24, 2.45) is 5.41 Å². The Morgan fingerprint density at radius 1 is 0.846 bits per heavy atom. The Balaban J connectivity index is 1.92. The van der Waals surface area contributed by atoms with E-state index in [2.05, 4.69) is 25.7 Å². The number of piperidine rings is 1. The number of rotatable bonds is 11. The first kappa shape index (κ1) is 23.6. The van der Waals surface area contributed by atoms with E-state index in [4.69, 9.17) is 4.74 Å². The lowest BCUT2D eigenvalue weighted by molar-refractivity contribution is -0.126. The zero-order chi connectivity index (χ0) is 19.6. The van der Waals surface area contributed by atoms with Crippen molar-refractivity contribution in [3.63, 3.8) is 0 Å². The molecule has 0 amide bonds. The Kier molecular flexibility index (Phi) is 10.4. The minimum absolute atomic E-state index is 0.00707. The number of ketones is 1. The van der Waals surface area contributed by atoms with E-state index < -0.39 is 0 Å². The average molecular weight is 368 g/mol. The lowest BCUT2D eigenvalue weighted by Gasteiger charge is -2.35. The maximum atomic E-state index is 11.9. The Hall–Kier alpha value is -0.410. The molecule has 1 saturated heterocycles. The Morgan fingerprint density at radius 3 is 1.85 bits per heavy atom. The molecule has 0 aliphatic carbocycles. The molecule has 0 atom stereocenters. The lowest BCUT2D eigenvalue weighted by Crippen LogP contribution is -2.40. The molecule has 3 nitrogen and oxygen atoms in total. The molecule has 0 aromatic rings. The Morgan fingerprint density at radius 2 is 1.35 bits per heavy atom. The van der Waals surface area contributed by atoms with Crippen LogP contribution in [0.1, 0.15) is 106 Å². The third-order valence-electron chi connectivity index (χ3n) is 5.27. The Labute approximate surface area is 163 Å². The first-order valence-electron chi connectivity index (χ1n) is 11.0. The van der Waals surface area contributed by atoms with Crippen molar-refractivity contribution < 1.29 is 9.53 Å². The molecule has 154 valence electrons. The molecule has 3 heteroatoms. The monoisotopic (exact) mass is 367 g/mol. The van der Waals surface area contributed by atoms with E-state index in [1.807, 2.05) is 20.8 Å². The third kappa shape index (κ3) is 11.3. The van der Waals surface area contributed by atoms with Crippen LogP contribution in [-0.4, -0.2) is 42.0 Å². The second-order valence-corrected chi connectivity index (χ2v) is 10.2. The molecule has 26 heavy (non-hydrogen) atoms. The van der Waals surface area contributed by atoms with E-state index in [1.54, 1.807) is 0 Å². The smallest absolute Gasteiger partial charge is 0.138 e. The van der Waals surface area contributed by atoms with Crippen LogP contribution < -0.4 is 0 Å². The summed E-state index contributed by atoms with van der Waals surface area (Å²) in [6.45, 7) is 16.2. The molecule has 1 rings (SSSR count). The molecule has 0 bridgehead atoms. The number of nitrogens with zero attached hydrogens (tertiary/aromatic N) is 1. The van der Waals surface area contributed by atoms with Crippen molar-refractivity contribution in [1.82, 2.24) is 4.90 Å². The fourth-order valence-electron chi connectivity index (χ4n) is 3.63. The third-order valence-corrected chi connectivity index (χ3v) is 5.27. The van der Waals surface area contributed by atoms with Crippen LogP contribution in [0, 0.1) is 5.41 Å². The molecular formula is C23H45NO2. The van der Waals surface area contributed by atoms with E-state index in [9.17, 15) is 4.79 Å². The van der Waals surface area contributed by atoms with Gasteiger partial charge in [0.25, 0.3) is 0 Å². The van der Waals surface area contributed by atoms with E-state index in [0.717, 1.165) is 12.8 Å². The van der Waals surface area contributed by atoms with Crippen LogP contribution in [0.5, 0.6) is 0 Å². The summed E-state index contributed by atoms with van der Waals surface area (Å²) in [6, 6.07) is 0. The van der Waals surface area contributed by atoms with Crippen LogP contribution in [0.25, 0.3) is 0 Å². The predicted molar refractivity (Wildman–Crippen MR) is 112 cm³/mol. The van der Waals surface area contributed by atoms with Gasteiger partial charge in [-0.25, -0.2) is 0 Å². The van der Waals surface area contributed by atoms with Crippen LogP contribution in [0.3, 0.4) is 0 Å². The summed E-state index contributed by atoms with van der Waals surface area (Å²) in [5.74, 6) is 0.411. The zero-order valence-corrected chi connectivity index (χ0v) is 18.5. The second-order valence-electron chi connectivity index (χ2n) is 10.2. The summed E-state index contributed by atoms with van der Waals surface area (Å²) >= 11 is 0. The summed E-state index contributed by atoms with van der Waals surface area (Å²) in [7, 11) is 0. The minimum Gasteiger partial charge on any atom is -0.373 e. The quantitative estimate of drug-likeness (QED) is 0.419. The number of ether oxygens (including phenoxy) is 1. The number of likely N-dealkylation sites (tertiary alicyclic amines) is 1. The van der Waals surface area contributed by atoms with E-state index >= 15 is 0 Å². The number of Topliss-reactive ketones (excluding diaryl/α,β-unsaturated/α-hetero) is 1. The summed E-state index contributed by atoms with van der Waals surface area (Å²) < 4.78 is 6.10. The zero-order valence-electron chi connectivity index (χ0n) is 18.5. The van der Waals surface area contributed by atoms with Gasteiger partial charge in [0, 0.05) is 24.9 Å². The number of carbonyl (C=O) groups excluding carboxylic acids is 1. The van der Waals surface area contributed by atoms with Gasteiger partial charge < -0.3 is 9.64 Å². The fraction of sp³-hybridized carbons (Fsp3) is 0.957. The van der Waals surface area contributed by atoms with Gasteiger partial charge in [0.1, 0.15) is 5.78 Å². The first-order chi connectivity index (χ1) is 12.1. The van der Waals surface area contributed by atoms with E-state index in [-0.39, 0.29) is 11.0 Å². The molecule has 0 unspecified atom stereocenters. The number of carbonyl (C=O) groups is 1. The second kappa shape index (κ2) is 11.4. The van der Waals surface area contributed by atoms with Gasteiger partial charge in [0.05, 0.1) is 11.7 Å². The highest BCUT2D eigenvalue weighted by molar-refractivity contribution is 5.83. The molecule has 1 fully saturated rings. The molecule has 0 radical (unpaired) electrons. The van der Waals surface area contributed by atoms with Crippen molar-refractivity contribution >= 4 is 5.78 Å². The van der Waals surface area contributed by atoms with Crippen LogP contribution >= 0.6 is 0 Å². The minimum atomic E-state index is -0.159. The van der Waals surface area contributed by atoms with Crippen LogP contribution in [0.15, 0.2) is 0 Å². The maximum absolute atomic E-state index is 11.9. The molecule has 0 saturated carbocycles. The number of hydrogen-bond donors (Lipinski definition) is 0. The Bertz CT molecular complexity index is 384. The predicted octanol–water partition coefficient (Wildman–Crippen LogP) is 6.00. The molecule has 0 aromatic heterocycles. The molecule has 1 heterocycles. The molecule has 0 N–H and O–H groups in total. The molecular weight excluding hydrogens is 322 g/mol. The summed E-state index contributed by atoms with van der Waals surface area (Å²) in [5, 5.41) is 0. The van der Waals surface area contributed by atoms with Crippen molar-refractivity contribution in [3.8, 4) is 0 Å². The van der Waals surface area contributed by atoms with Gasteiger partial charge in [-0.15, -0.1) is 0 Å². The van der Waals surface area contributed by atoms with Gasteiger partial charge in [-0.2, -0.15) is 0 Å². The summed E-state index contributed by atoms with van der Waals surface area (Å²) in [4.78, 5) is 14.5. The van der Waals surface area contributed by atoms with E-state index in [1.165, 1.54) is 71.0 Å². The standard InChI is InChI=1S/C23H45NO2/c1-22(2,3)21(25)14-12-10-8-7-9-11-13-17-24-18-15-20(16-19-24)26-23(4,5)6/h20H,7-19H2,1-6H3. The highest BCUT2D eigenvalue weighted by Gasteiger charge is 2.23. The first-order valence-corrected chi connectivity index (χ1v) is 11.0. The van der Waals surface area contributed by atoms with Crippen molar-refractivity contribution in [3.05, 3.63) is 0 Å². The lowest BCUT2D eigenvalue weighted by atomic mass is 9.88. The molecule has 1 aliphatic rings. The molecule has 0 spiro atoms. The van der Waals surface area contributed by atoms with Gasteiger partial charge in [-0.1, -0.05) is 52.9 Å². The SMILES string of the molecule is CC(C)(C)OC1CCN(CCCCCCCCCC(=O)C(C)(C)C)CC1. The van der Waals surface area contributed by atoms with Gasteiger partial charge >= 0.3 is 0 Å². The van der Waals surface area contributed by atoms with Gasteiger partial charge in [-0.3, -0.25) is 4.79 Å². The number of unbranched alkanes of at least 4 members (excludes halogenated alkanes) is 6. The van der Waals surface area contributed by atoms with Crippen molar-refractivity contribution in [2.45, 2.75) is 117 Å². The van der Waals surface area contributed by atoms with Crippen LogP contribution in [0.2, 0.25) is 0 Å². The number of hydrogen-bond acceptors (Lipinski definition) is 3. The topological polar surface area (TPSA) is 29.5 Å². The van der Waals surface area contributed by atoms with E-state index in [0.29, 0.717) is 11.9 Å². The highest BCUT2D eigenvalue weighted by atomic mass is 16.5. The summed E-state index contributed by atoms with van der Waals surface area (Å²) in [6.07, 6.45) is 12.5. The fourth-order valence-corrected chi connectivity index (χ4v) is 3.63. The van der Waals surface area contributed by atoms with Gasteiger partial charge in [0.15, 0.2) is 0 Å². The van der Waals surface area contributed by atoms with Crippen LogP contribution in [0.4, 0.5) is 0 Å². The largest absolute Gasteiger partial charge is 0.373 e. The van der Waals surface area contributed by atoms with Crippen molar-refractivity contribution in [2.75, 3.05) is 19.6 Å².